The first kappa shape index (κ1) is 16.9. The van der Waals surface area contributed by atoms with Crippen LogP contribution in [0.25, 0.3) is 0 Å². The zero-order valence-corrected chi connectivity index (χ0v) is 11.9. The van der Waals surface area contributed by atoms with Crippen molar-refractivity contribution in [3.63, 3.8) is 0 Å². The van der Waals surface area contributed by atoms with Gasteiger partial charge in [-0.1, -0.05) is 13.8 Å². The van der Waals surface area contributed by atoms with Gasteiger partial charge in [-0.05, 0) is 39.5 Å². The normalized spacial score (nSPS) is 15.3. The maximum absolute atomic E-state index is 11.8. The van der Waals surface area contributed by atoms with Gasteiger partial charge in [0, 0.05) is 6.04 Å². The molecule has 18 heavy (non-hydrogen) atoms. The molecule has 0 radical (unpaired) electrons. The molecule has 0 aliphatic heterocycles. The summed E-state index contributed by atoms with van der Waals surface area (Å²) in [7, 11) is 0. The van der Waals surface area contributed by atoms with Crippen LogP contribution in [0.2, 0.25) is 0 Å². The fourth-order valence-electron chi connectivity index (χ4n) is 1.68. The number of carboxylic acid groups (broad SMARTS) is 1. The standard InChI is InChI=1S/C13H25NO4/c1-8(2)6-9(14)7-10(11(15)16)12(17)18-13(3,4)5/h8-10H,6-7,14H2,1-5H3,(H,15,16)/t9?,10-/m1/s1. The largest absolute Gasteiger partial charge is 0.481 e. The van der Waals surface area contributed by atoms with Gasteiger partial charge in [0.15, 0.2) is 5.92 Å². The van der Waals surface area contributed by atoms with Crippen LogP contribution >= 0.6 is 0 Å². The summed E-state index contributed by atoms with van der Waals surface area (Å²) in [6, 6.07) is -0.307. The number of carbonyl (C=O) groups is 2. The summed E-state index contributed by atoms with van der Waals surface area (Å²) >= 11 is 0. The van der Waals surface area contributed by atoms with Gasteiger partial charge in [0.1, 0.15) is 5.60 Å². The fraction of sp³-hybridized carbons (Fsp3) is 0.846. The van der Waals surface area contributed by atoms with E-state index in [1.54, 1.807) is 20.8 Å². The van der Waals surface area contributed by atoms with Crippen LogP contribution in [0.5, 0.6) is 0 Å². The number of carboxylic acids is 1. The molecule has 0 aromatic heterocycles. The molecule has 106 valence electrons. The Morgan fingerprint density at radius 2 is 1.72 bits per heavy atom. The maximum Gasteiger partial charge on any atom is 0.320 e. The second kappa shape index (κ2) is 6.73. The van der Waals surface area contributed by atoms with Crippen molar-refractivity contribution >= 4 is 11.9 Å². The lowest BCUT2D eigenvalue weighted by Crippen LogP contribution is -2.37. The average molecular weight is 259 g/mol. The third kappa shape index (κ3) is 7.27. The predicted octanol–water partition coefficient (Wildman–Crippen LogP) is 1.79. The van der Waals surface area contributed by atoms with Crippen molar-refractivity contribution in [1.82, 2.24) is 0 Å². The number of rotatable bonds is 6. The van der Waals surface area contributed by atoms with Gasteiger partial charge in [-0.3, -0.25) is 9.59 Å². The van der Waals surface area contributed by atoms with Gasteiger partial charge in [0.25, 0.3) is 0 Å². The zero-order chi connectivity index (χ0) is 14.5. The first-order valence-corrected chi connectivity index (χ1v) is 6.24. The molecule has 0 spiro atoms. The number of esters is 1. The molecule has 1 unspecified atom stereocenters. The predicted molar refractivity (Wildman–Crippen MR) is 69.0 cm³/mol. The molecule has 0 bridgehead atoms. The number of carbonyl (C=O) groups excluding carboxylic acids is 1. The van der Waals surface area contributed by atoms with Gasteiger partial charge in [-0.25, -0.2) is 0 Å². The smallest absolute Gasteiger partial charge is 0.320 e. The lowest BCUT2D eigenvalue weighted by Gasteiger charge is -2.24. The Morgan fingerprint density at radius 1 is 1.22 bits per heavy atom. The monoisotopic (exact) mass is 259 g/mol. The van der Waals surface area contributed by atoms with Gasteiger partial charge in [-0.15, -0.1) is 0 Å². The Morgan fingerprint density at radius 3 is 2.06 bits per heavy atom. The highest BCUT2D eigenvalue weighted by Gasteiger charge is 2.32. The van der Waals surface area contributed by atoms with E-state index in [0.717, 1.165) is 0 Å². The molecular weight excluding hydrogens is 234 g/mol. The van der Waals surface area contributed by atoms with Crippen molar-refractivity contribution in [3.8, 4) is 0 Å². The van der Waals surface area contributed by atoms with Crippen molar-refractivity contribution in [2.75, 3.05) is 0 Å². The van der Waals surface area contributed by atoms with Crippen LogP contribution in [0.3, 0.4) is 0 Å². The third-order valence-corrected chi connectivity index (χ3v) is 2.30. The molecule has 0 aliphatic carbocycles. The second-order valence-electron chi connectivity index (χ2n) is 6.05. The van der Waals surface area contributed by atoms with E-state index in [1.807, 2.05) is 13.8 Å². The van der Waals surface area contributed by atoms with Crippen LogP contribution in [0.15, 0.2) is 0 Å². The topological polar surface area (TPSA) is 89.6 Å². The summed E-state index contributed by atoms with van der Waals surface area (Å²) in [6.45, 7) is 9.12. The summed E-state index contributed by atoms with van der Waals surface area (Å²) in [4.78, 5) is 22.9. The van der Waals surface area contributed by atoms with E-state index in [1.165, 1.54) is 0 Å². The van der Waals surface area contributed by atoms with E-state index in [9.17, 15) is 9.59 Å². The first-order valence-electron chi connectivity index (χ1n) is 6.24. The maximum atomic E-state index is 11.8. The van der Waals surface area contributed by atoms with Crippen molar-refractivity contribution < 1.29 is 19.4 Å². The van der Waals surface area contributed by atoms with Crippen LogP contribution < -0.4 is 5.73 Å². The highest BCUT2D eigenvalue weighted by atomic mass is 16.6. The lowest BCUT2D eigenvalue weighted by molar-refractivity contribution is -0.167. The SMILES string of the molecule is CC(C)CC(N)C[C@H](C(=O)O)C(=O)OC(C)(C)C. The molecule has 0 amide bonds. The van der Waals surface area contributed by atoms with Crippen LogP contribution in [0, 0.1) is 11.8 Å². The summed E-state index contributed by atoms with van der Waals surface area (Å²) in [5, 5.41) is 9.07. The van der Waals surface area contributed by atoms with Crippen LogP contribution in [-0.2, 0) is 14.3 Å². The molecule has 0 saturated carbocycles. The first-order chi connectivity index (χ1) is 8.03. The highest BCUT2D eigenvalue weighted by molar-refractivity contribution is 5.94. The molecular formula is C13H25NO4. The molecule has 0 rings (SSSR count). The van der Waals surface area contributed by atoms with Crippen LogP contribution in [0.1, 0.15) is 47.5 Å². The molecule has 0 aromatic carbocycles. The van der Waals surface area contributed by atoms with Crippen molar-refractivity contribution in [3.05, 3.63) is 0 Å². The van der Waals surface area contributed by atoms with E-state index < -0.39 is 23.5 Å². The van der Waals surface area contributed by atoms with Crippen molar-refractivity contribution in [1.29, 1.82) is 0 Å². The molecule has 0 aromatic rings. The van der Waals surface area contributed by atoms with Gasteiger partial charge in [0.05, 0.1) is 0 Å². The average Bonchev–Trinajstić information content (AvgIpc) is 2.09. The van der Waals surface area contributed by atoms with E-state index in [0.29, 0.717) is 12.3 Å². The van der Waals surface area contributed by atoms with Crippen LogP contribution in [-0.4, -0.2) is 28.7 Å². The number of ether oxygens (including phenoxy) is 1. The van der Waals surface area contributed by atoms with Gasteiger partial charge in [0.2, 0.25) is 0 Å². The Hall–Kier alpha value is -1.10. The van der Waals surface area contributed by atoms with Crippen molar-refractivity contribution in [2.45, 2.75) is 59.1 Å². The van der Waals surface area contributed by atoms with E-state index in [4.69, 9.17) is 15.6 Å². The number of nitrogens with two attached hydrogens (primary N) is 1. The number of aliphatic carboxylic acids is 1. The minimum absolute atomic E-state index is 0.114. The summed E-state index contributed by atoms with van der Waals surface area (Å²) in [5.74, 6) is -2.70. The molecule has 0 fully saturated rings. The minimum Gasteiger partial charge on any atom is -0.481 e. The van der Waals surface area contributed by atoms with Crippen LogP contribution in [0.4, 0.5) is 0 Å². The molecule has 0 saturated heterocycles. The fourth-order valence-corrected chi connectivity index (χ4v) is 1.68. The minimum atomic E-state index is -1.18. The van der Waals surface area contributed by atoms with E-state index >= 15 is 0 Å². The lowest BCUT2D eigenvalue weighted by atomic mass is 9.94. The number of hydrogen-bond acceptors (Lipinski definition) is 4. The molecule has 2 atom stereocenters. The van der Waals surface area contributed by atoms with Gasteiger partial charge in [-0.2, -0.15) is 0 Å². The van der Waals surface area contributed by atoms with Gasteiger partial charge < -0.3 is 15.6 Å². The Bertz CT molecular complexity index is 294. The van der Waals surface area contributed by atoms with E-state index in [2.05, 4.69) is 0 Å². The molecule has 5 heteroatoms. The zero-order valence-electron chi connectivity index (χ0n) is 11.9. The quantitative estimate of drug-likeness (QED) is 0.560. The Kier molecular flexibility index (Phi) is 6.32. The van der Waals surface area contributed by atoms with E-state index in [-0.39, 0.29) is 12.5 Å². The molecule has 3 N–H and O–H groups in total. The molecule has 0 heterocycles. The summed E-state index contributed by atoms with van der Waals surface area (Å²) in [5.41, 5.74) is 5.16. The third-order valence-electron chi connectivity index (χ3n) is 2.30. The highest BCUT2D eigenvalue weighted by Crippen LogP contribution is 2.17. The Balaban J connectivity index is 4.58. The molecule has 0 aliphatic rings. The van der Waals surface area contributed by atoms with Gasteiger partial charge >= 0.3 is 11.9 Å². The number of hydrogen-bond donors (Lipinski definition) is 2. The van der Waals surface area contributed by atoms with Crippen molar-refractivity contribution in [2.24, 2.45) is 17.6 Å². The Labute approximate surface area is 109 Å². The summed E-state index contributed by atoms with van der Waals surface area (Å²) < 4.78 is 5.09. The molecule has 5 nitrogen and oxygen atoms in total. The second-order valence-corrected chi connectivity index (χ2v) is 6.05. The summed E-state index contributed by atoms with van der Waals surface area (Å²) in [6.07, 6.45) is 0.801.